The molecule has 116 valence electrons. The van der Waals surface area contributed by atoms with E-state index in [1.54, 1.807) is 0 Å². The Labute approximate surface area is 124 Å². The number of aliphatic hydroxyl groups is 1. The van der Waals surface area contributed by atoms with Gasteiger partial charge in [0.05, 0.1) is 17.6 Å². The van der Waals surface area contributed by atoms with Gasteiger partial charge in [-0.3, -0.25) is 0 Å². The van der Waals surface area contributed by atoms with Crippen LogP contribution in [-0.4, -0.2) is 39.4 Å². The van der Waals surface area contributed by atoms with Gasteiger partial charge in [-0.2, -0.15) is 0 Å². The maximum Gasteiger partial charge on any atom is 0.241 e. The Morgan fingerprint density at radius 2 is 2.14 bits per heavy atom. The van der Waals surface area contributed by atoms with Gasteiger partial charge in [0.2, 0.25) is 10.0 Å². The van der Waals surface area contributed by atoms with Crippen LogP contribution in [0.5, 0.6) is 0 Å². The van der Waals surface area contributed by atoms with E-state index < -0.39 is 22.4 Å². The first-order valence-corrected chi connectivity index (χ1v) is 7.85. The summed E-state index contributed by atoms with van der Waals surface area (Å²) in [6.45, 7) is 3.58. The van der Waals surface area contributed by atoms with E-state index in [-0.39, 0.29) is 29.7 Å². The lowest BCUT2D eigenvalue weighted by molar-refractivity contribution is 0.0834. The molecule has 21 heavy (non-hydrogen) atoms. The monoisotopic (exact) mass is 315 g/mol. The molecule has 0 fully saturated rings. The van der Waals surface area contributed by atoms with Crippen LogP contribution in [-0.2, 0) is 14.8 Å². The number of hydrogen-bond donors (Lipinski definition) is 2. The van der Waals surface area contributed by atoms with Gasteiger partial charge in [-0.15, -0.1) is 0 Å². The van der Waals surface area contributed by atoms with Gasteiger partial charge in [-0.25, -0.2) is 17.5 Å². The topological polar surface area (TPSA) is 75.6 Å². The molecule has 2 N–H and O–H groups in total. The van der Waals surface area contributed by atoms with Gasteiger partial charge in [0.1, 0.15) is 12.4 Å². The molecule has 0 aliphatic carbocycles. The second-order valence-corrected chi connectivity index (χ2v) is 6.15. The SMILES string of the molecule is CC(C)OCCNS(=O)(=O)c1ccc(F)cc1C#CCO. The van der Waals surface area contributed by atoms with E-state index in [1.165, 1.54) is 0 Å². The van der Waals surface area contributed by atoms with Crippen LogP contribution in [0.15, 0.2) is 23.1 Å². The highest BCUT2D eigenvalue weighted by atomic mass is 32.2. The average Bonchev–Trinajstić information content (AvgIpc) is 2.41. The second-order valence-electron chi connectivity index (χ2n) is 4.42. The summed E-state index contributed by atoms with van der Waals surface area (Å²) >= 11 is 0. The van der Waals surface area contributed by atoms with Crippen molar-refractivity contribution < 1.29 is 22.7 Å². The number of hydrogen-bond acceptors (Lipinski definition) is 4. The first-order valence-electron chi connectivity index (χ1n) is 6.37. The zero-order chi connectivity index (χ0) is 15.9. The lowest BCUT2D eigenvalue weighted by Crippen LogP contribution is -2.28. The van der Waals surface area contributed by atoms with Crippen LogP contribution in [0.3, 0.4) is 0 Å². The molecule has 7 heteroatoms. The smallest absolute Gasteiger partial charge is 0.241 e. The van der Waals surface area contributed by atoms with Gasteiger partial charge in [0.25, 0.3) is 0 Å². The van der Waals surface area contributed by atoms with Crippen molar-refractivity contribution in [3.8, 4) is 11.8 Å². The number of nitrogens with one attached hydrogen (secondary N) is 1. The van der Waals surface area contributed by atoms with Gasteiger partial charge in [-0.05, 0) is 32.0 Å². The van der Waals surface area contributed by atoms with Crippen molar-refractivity contribution in [1.29, 1.82) is 0 Å². The second kappa shape index (κ2) is 8.10. The Bertz CT molecular complexity index is 632. The zero-order valence-corrected chi connectivity index (χ0v) is 12.7. The third-order valence-corrected chi connectivity index (χ3v) is 3.90. The molecule has 0 unspecified atom stereocenters. The van der Waals surface area contributed by atoms with Crippen molar-refractivity contribution in [2.45, 2.75) is 24.8 Å². The Morgan fingerprint density at radius 3 is 2.76 bits per heavy atom. The normalized spacial score (nSPS) is 11.3. The fourth-order valence-electron chi connectivity index (χ4n) is 1.52. The van der Waals surface area contributed by atoms with E-state index in [0.29, 0.717) is 0 Å². The molecule has 0 aliphatic heterocycles. The molecule has 0 spiro atoms. The fourth-order valence-corrected chi connectivity index (χ4v) is 2.67. The Kier molecular flexibility index (Phi) is 6.78. The molecule has 0 atom stereocenters. The minimum absolute atomic E-state index is 0.00123. The molecule has 0 heterocycles. The van der Waals surface area contributed by atoms with Crippen LogP contribution < -0.4 is 4.72 Å². The van der Waals surface area contributed by atoms with Gasteiger partial charge in [0, 0.05) is 12.1 Å². The van der Waals surface area contributed by atoms with Crippen molar-refractivity contribution in [1.82, 2.24) is 4.72 Å². The van der Waals surface area contributed by atoms with Crippen LogP contribution in [0.2, 0.25) is 0 Å². The summed E-state index contributed by atoms with van der Waals surface area (Å²) in [7, 11) is -3.82. The molecule has 0 aliphatic rings. The van der Waals surface area contributed by atoms with E-state index in [1.807, 2.05) is 13.8 Å². The zero-order valence-electron chi connectivity index (χ0n) is 11.9. The summed E-state index contributed by atoms with van der Waals surface area (Å²) in [6.07, 6.45) is 0.00584. The van der Waals surface area contributed by atoms with Gasteiger partial charge in [0.15, 0.2) is 0 Å². The molecule has 0 saturated heterocycles. The third-order valence-electron chi connectivity index (χ3n) is 2.38. The van der Waals surface area contributed by atoms with Gasteiger partial charge in [-0.1, -0.05) is 11.8 Å². The predicted octanol–water partition coefficient (Wildman–Crippen LogP) is 0.873. The molecule has 0 bridgehead atoms. The highest BCUT2D eigenvalue weighted by molar-refractivity contribution is 7.89. The first-order chi connectivity index (χ1) is 9.86. The van der Waals surface area contributed by atoms with Crippen LogP contribution in [0.25, 0.3) is 0 Å². The highest BCUT2D eigenvalue weighted by Gasteiger charge is 2.18. The lowest BCUT2D eigenvalue weighted by Gasteiger charge is -2.10. The Balaban J connectivity index is 2.92. The molecule has 1 rings (SSSR count). The van der Waals surface area contributed by atoms with E-state index in [4.69, 9.17) is 9.84 Å². The van der Waals surface area contributed by atoms with E-state index in [0.717, 1.165) is 18.2 Å². The first kappa shape index (κ1) is 17.6. The predicted molar refractivity (Wildman–Crippen MR) is 76.6 cm³/mol. The molecule has 1 aromatic carbocycles. The molecule has 1 aromatic rings. The number of halogens is 1. The Hall–Kier alpha value is -1.46. The standard InChI is InChI=1S/C14H18FNO4S/c1-11(2)20-9-7-16-21(18,19)14-6-5-13(15)10-12(14)4-3-8-17/h5-6,10-11,16-17H,7-9H2,1-2H3. The molecule has 5 nitrogen and oxygen atoms in total. The molecule has 0 radical (unpaired) electrons. The number of benzene rings is 1. The minimum Gasteiger partial charge on any atom is -0.384 e. The molecule has 0 saturated carbocycles. The quantitative estimate of drug-likeness (QED) is 0.603. The molecule has 0 amide bonds. The maximum absolute atomic E-state index is 13.2. The van der Waals surface area contributed by atoms with Crippen LogP contribution in [0.4, 0.5) is 4.39 Å². The van der Waals surface area contributed by atoms with Crippen molar-refractivity contribution in [2.75, 3.05) is 19.8 Å². The number of ether oxygens (including phenoxy) is 1. The van der Waals surface area contributed by atoms with Crippen molar-refractivity contribution in [2.24, 2.45) is 0 Å². The van der Waals surface area contributed by atoms with Crippen LogP contribution in [0.1, 0.15) is 19.4 Å². The summed E-state index contributed by atoms with van der Waals surface area (Å²) in [5.41, 5.74) is 0.00123. The van der Waals surface area contributed by atoms with E-state index in [9.17, 15) is 12.8 Å². The van der Waals surface area contributed by atoms with Crippen molar-refractivity contribution in [3.05, 3.63) is 29.6 Å². The van der Waals surface area contributed by atoms with Gasteiger partial charge >= 0.3 is 0 Å². The summed E-state index contributed by atoms with van der Waals surface area (Å²) in [5.74, 6) is 4.14. The van der Waals surface area contributed by atoms with Crippen molar-refractivity contribution >= 4 is 10.0 Å². The van der Waals surface area contributed by atoms with Gasteiger partial charge < -0.3 is 9.84 Å². The number of aliphatic hydroxyl groups excluding tert-OH is 1. The Morgan fingerprint density at radius 1 is 1.43 bits per heavy atom. The summed E-state index contributed by atoms with van der Waals surface area (Å²) < 4.78 is 45.1. The average molecular weight is 315 g/mol. The minimum atomic E-state index is -3.82. The summed E-state index contributed by atoms with van der Waals surface area (Å²) in [5, 5.41) is 8.67. The van der Waals surface area contributed by atoms with Crippen molar-refractivity contribution in [3.63, 3.8) is 0 Å². The van der Waals surface area contributed by atoms with Crippen LogP contribution in [0, 0.1) is 17.7 Å². The van der Waals surface area contributed by atoms with E-state index >= 15 is 0 Å². The highest BCUT2D eigenvalue weighted by Crippen LogP contribution is 2.16. The lowest BCUT2D eigenvalue weighted by atomic mass is 10.2. The number of rotatable bonds is 6. The fraction of sp³-hybridized carbons (Fsp3) is 0.429. The maximum atomic E-state index is 13.2. The molecule has 0 aromatic heterocycles. The number of sulfonamides is 1. The summed E-state index contributed by atoms with van der Waals surface area (Å²) in [6, 6.07) is 3.20. The largest absolute Gasteiger partial charge is 0.384 e. The molecular weight excluding hydrogens is 297 g/mol. The third kappa shape index (κ3) is 5.81. The molecular formula is C14H18FNO4S. The summed E-state index contributed by atoms with van der Waals surface area (Å²) in [4.78, 5) is -0.130. The van der Waals surface area contributed by atoms with E-state index in [2.05, 4.69) is 16.6 Å². The van der Waals surface area contributed by atoms with Crippen LogP contribution >= 0.6 is 0 Å².